The van der Waals surface area contributed by atoms with Crippen LogP contribution in [0.5, 0.6) is 0 Å². The molecular weight excluding hydrogens is 472 g/mol. The summed E-state index contributed by atoms with van der Waals surface area (Å²) in [6, 6.07) is 5.99. The van der Waals surface area contributed by atoms with Crippen LogP contribution in [0.3, 0.4) is 0 Å². The van der Waals surface area contributed by atoms with Crippen molar-refractivity contribution in [3.63, 3.8) is 0 Å². The number of aromatic nitrogens is 2. The number of anilines is 2. The van der Waals surface area contributed by atoms with Crippen molar-refractivity contribution in [2.75, 3.05) is 29.4 Å². The van der Waals surface area contributed by atoms with Gasteiger partial charge in [0.15, 0.2) is 0 Å². The first-order chi connectivity index (χ1) is 17.5. The van der Waals surface area contributed by atoms with Gasteiger partial charge in [0.25, 0.3) is 5.56 Å². The van der Waals surface area contributed by atoms with Crippen LogP contribution in [0.15, 0.2) is 23.0 Å². The van der Waals surface area contributed by atoms with Gasteiger partial charge in [0, 0.05) is 37.0 Å². The van der Waals surface area contributed by atoms with Gasteiger partial charge in [-0.25, -0.2) is 9.78 Å². The molecule has 0 radical (unpaired) electrons. The quantitative estimate of drug-likeness (QED) is 0.642. The maximum absolute atomic E-state index is 13.2. The number of piperidine rings is 1. The number of ether oxygens (including phenoxy) is 1. The summed E-state index contributed by atoms with van der Waals surface area (Å²) in [6.07, 6.45) is 5.42. The fourth-order valence-electron chi connectivity index (χ4n) is 5.92. The molecule has 1 aliphatic carbocycles. The molecule has 1 saturated heterocycles. The topological polar surface area (TPSA) is 116 Å². The predicted molar refractivity (Wildman–Crippen MR) is 141 cm³/mol. The fourth-order valence-corrected chi connectivity index (χ4v) is 5.92. The molecule has 2 aromatic rings. The molecular formula is C28H36N4O5. The van der Waals surface area contributed by atoms with E-state index in [1.165, 1.54) is 0 Å². The van der Waals surface area contributed by atoms with E-state index >= 15 is 0 Å². The van der Waals surface area contributed by atoms with Gasteiger partial charge in [0.2, 0.25) is 5.95 Å². The predicted octanol–water partition coefficient (Wildman–Crippen LogP) is 3.96. The smallest absolute Gasteiger partial charge is 0.414 e. The average molecular weight is 509 g/mol. The molecule has 3 heterocycles. The van der Waals surface area contributed by atoms with E-state index in [-0.39, 0.29) is 23.5 Å². The second-order valence-electron chi connectivity index (χ2n) is 11.6. The first-order valence-electron chi connectivity index (χ1n) is 13.3. The fraction of sp³-hybridized carbons (Fsp3) is 0.571. The standard InChI is InChI=1S/C28H36N4O5/c1-27(2,3)37-26(36)32-17-28(20-10-8-18(16-22(20)32)9-11-23(33)34)12-14-31(15-13-28)25-29-21-7-5-4-6-19(21)24(35)30-25/h8,10,16H,4-7,9,11-15,17H2,1-3H3,(H,33,34)(H,29,30,35). The molecule has 9 heteroatoms. The molecule has 1 fully saturated rings. The average Bonchev–Trinajstić information content (AvgIpc) is 3.15. The Morgan fingerprint density at radius 1 is 1.16 bits per heavy atom. The number of hydrogen-bond donors (Lipinski definition) is 2. The second kappa shape index (κ2) is 9.50. The molecule has 0 atom stereocenters. The lowest BCUT2D eigenvalue weighted by atomic mass is 9.74. The van der Waals surface area contributed by atoms with E-state index in [1.54, 1.807) is 4.90 Å². The molecule has 0 saturated carbocycles. The Balaban J connectivity index is 1.41. The van der Waals surface area contributed by atoms with E-state index in [1.807, 2.05) is 32.9 Å². The third-order valence-corrected chi connectivity index (χ3v) is 7.83. The van der Waals surface area contributed by atoms with Gasteiger partial charge in [-0.3, -0.25) is 19.5 Å². The van der Waals surface area contributed by atoms with Crippen molar-refractivity contribution >= 4 is 23.7 Å². The number of H-pyrrole nitrogens is 1. The van der Waals surface area contributed by atoms with Gasteiger partial charge in [0.05, 0.1) is 11.4 Å². The number of carbonyl (C=O) groups excluding carboxylic acids is 1. The van der Waals surface area contributed by atoms with Gasteiger partial charge < -0.3 is 14.7 Å². The highest BCUT2D eigenvalue weighted by Crippen LogP contribution is 2.48. The van der Waals surface area contributed by atoms with Gasteiger partial charge in [-0.05, 0) is 82.9 Å². The highest BCUT2D eigenvalue weighted by Gasteiger charge is 2.47. The number of carboxylic acid groups (broad SMARTS) is 1. The number of carboxylic acids is 1. The van der Waals surface area contributed by atoms with Crippen molar-refractivity contribution in [1.82, 2.24) is 9.97 Å². The van der Waals surface area contributed by atoms with Gasteiger partial charge in [-0.15, -0.1) is 0 Å². The lowest BCUT2D eigenvalue weighted by Crippen LogP contribution is -2.47. The van der Waals surface area contributed by atoms with Crippen LogP contribution < -0.4 is 15.4 Å². The summed E-state index contributed by atoms with van der Waals surface area (Å²) in [6.45, 7) is 7.50. The molecule has 198 valence electrons. The van der Waals surface area contributed by atoms with Gasteiger partial charge in [-0.2, -0.15) is 0 Å². The zero-order chi connectivity index (χ0) is 26.4. The Labute approximate surface area is 216 Å². The Morgan fingerprint density at radius 3 is 2.59 bits per heavy atom. The van der Waals surface area contributed by atoms with E-state index in [4.69, 9.17) is 14.8 Å². The summed E-state index contributed by atoms with van der Waals surface area (Å²) in [5.41, 5.74) is 3.69. The number of benzene rings is 1. The number of nitrogens with one attached hydrogen (secondary N) is 1. The summed E-state index contributed by atoms with van der Waals surface area (Å²) < 4.78 is 5.74. The van der Waals surface area contributed by atoms with Crippen molar-refractivity contribution in [2.24, 2.45) is 0 Å². The lowest BCUT2D eigenvalue weighted by molar-refractivity contribution is -0.136. The molecule has 0 bridgehead atoms. The zero-order valence-corrected chi connectivity index (χ0v) is 21.9. The number of amides is 1. The van der Waals surface area contributed by atoms with Crippen LogP contribution in [-0.2, 0) is 34.2 Å². The number of hydrogen-bond acceptors (Lipinski definition) is 6. The van der Waals surface area contributed by atoms with E-state index < -0.39 is 11.6 Å². The Morgan fingerprint density at radius 2 is 1.89 bits per heavy atom. The molecule has 1 amide bonds. The monoisotopic (exact) mass is 508 g/mol. The molecule has 2 aliphatic heterocycles. The number of rotatable bonds is 4. The number of nitrogens with zero attached hydrogens (tertiary/aromatic N) is 3. The summed E-state index contributed by atoms with van der Waals surface area (Å²) in [5.74, 6) is -0.200. The summed E-state index contributed by atoms with van der Waals surface area (Å²) in [7, 11) is 0. The van der Waals surface area contributed by atoms with E-state index in [0.29, 0.717) is 32.0 Å². The van der Waals surface area contributed by atoms with Crippen molar-refractivity contribution in [1.29, 1.82) is 0 Å². The summed E-state index contributed by atoms with van der Waals surface area (Å²) in [5, 5.41) is 9.12. The molecule has 1 aromatic carbocycles. The Kier molecular flexibility index (Phi) is 6.50. The maximum Gasteiger partial charge on any atom is 0.414 e. The summed E-state index contributed by atoms with van der Waals surface area (Å²) >= 11 is 0. The molecule has 37 heavy (non-hydrogen) atoms. The first-order valence-corrected chi connectivity index (χ1v) is 13.3. The maximum atomic E-state index is 13.2. The molecule has 5 rings (SSSR count). The van der Waals surface area contributed by atoms with E-state index in [0.717, 1.165) is 66.6 Å². The van der Waals surface area contributed by atoms with Crippen LogP contribution in [0.25, 0.3) is 0 Å². The van der Waals surface area contributed by atoms with Crippen molar-refractivity contribution in [2.45, 2.75) is 83.2 Å². The molecule has 3 aliphatic rings. The minimum absolute atomic E-state index is 0.0174. The molecule has 9 nitrogen and oxygen atoms in total. The minimum atomic E-state index is -0.845. The number of aromatic amines is 1. The van der Waals surface area contributed by atoms with Crippen molar-refractivity contribution in [3.05, 3.63) is 50.9 Å². The van der Waals surface area contributed by atoms with Crippen LogP contribution in [0.1, 0.15) is 75.3 Å². The van der Waals surface area contributed by atoms with E-state index in [9.17, 15) is 14.4 Å². The van der Waals surface area contributed by atoms with Crippen molar-refractivity contribution in [3.8, 4) is 0 Å². The first kappa shape index (κ1) is 25.3. The van der Waals surface area contributed by atoms with Crippen molar-refractivity contribution < 1.29 is 19.4 Å². The molecule has 2 N–H and O–H groups in total. The summed E-state index contributed by atoms with van der Waals surface area (Å²) in [4.78, 5) is 48.7. The largest absolute Gasteiger partial charge is 0.481 e. The highest BCUT2D eigenvalue weighted by atomic mass is 16.6. The van der Waals surface area contributed by atoms with Gasteiger partial charge in [0.1, 0.15) is 5.60 Å². The Hall–Kier alpha value is -3.36. The normalized spacial score (nSPS) is 18.5. The Bertz CT molecular complexity index is 1270. The molecule has 0 unspecified atom stereocenters. The zero-order valence-electron chi connectivity index (χ0n) is 21.9. The van der Waals surface area contributed by atoms with Crippen LogP contribution >= 0.6 is 0 Å². The third kappa shape index (κ3) is 5.08. The number of aliphatic carboxylic acids is 1. The number of carbonyl (C=O) groups is 2. The van der Waals surface area contributed by atoms with E-state index in [2.05, 4.69) is 16.0 Å². The third-order valence-electron chi connectivity index (χ3n) is 7.83. The van der Waals surface area contributed by atoms with Gasteiger partial charge in [-0.1, -0.05) is 12.1 Å². The number of fused-ring (bicyclic) bond motifs is 3. The van der Waals surface area contributed by atoms with Crippen LogP contribution in [0, 0.1) is 0 Å². The molecule has 1 spiro atoms. The highest BCUT2D eigenvalue weighted by molar-refractivity contribution is 5.92. The minimum Gasteiger partial charge on any atom is -0.481 e. The lowest BCUT2D eigenvalue weighted by Gasteiger charge is -2.40. The number of aryl methyl sites for hydroxylation is 2. The SMILES string of the molecule is CC(C)(C)OC(=O)N1CC2(CCN(c3nc4c(c(=O)[nH]3)CCCC4)CC2)c2ccc(CCC(=O)O)cc21. The van der Waals surface area contributed by atoms with Crippen LogP contribution in [0.2, 0.25) is 0 Å². The van der Waals surface area contributed by atoms with Gasteiger partial charge >= 0.3 is 12.1 Å². The van der Waals surface area contributed by atoms with Crippen LogP contribution in [0.4, 0.5) is 16.4 Å². The molecule has 1 aromatic heterocycles. The second-order valence-corrected chi connectivity index (χ2v) is 11.6. The van der Waals surface area contributed by atoms with Crippen LogP contribution in [-0.4, -0.2) is 52.4 Å².